The Morgan fingerprint density at radius 2 is 1.93 bits per heavy atom. The molecule has 2 aliphatic heterocycles. The summed E-state index contributed by atoms with van der Waals surface area (Å²) in [4.78, 5) is 24.5. The average molecular weight is 400 g/mol. The Morgan fingerprint density at radius 3 is 2.68 bits per heavy atom. The van der Waals surface area contributed by atoms with Gasteiger partial charge in [0.1, 0.15) is 5.82 Å². The van der Waals surface area contributed by atoms with Crippen molar-refractivity contribution in [2.45, 2.75) is 26.2 Å². The standard InChI is InChI=1S/C21H29N5OS/c1-2-24-11-13-25(14-12-24)20(27)18-9-6-10-26(16-18)21-22-19(23-28-21)15-17-7-4-3-5-8-17/h3-5,7-8,18H,2,6,9-16H2,1H3/t18-/m0/s1. The van der Waals surface area contributed by atoms with Gasteiger partial charge in [0.2, 0.25) is 11.0 Å². The number of carbonyl (C=O) groups is 1. The molecule has 150 valence electrons. The van der Waals surface area contributed by atoms with E-state index in [0.29, 0.717) is 5.91 Å². The molecule has 1 atom stereocenters. The Labute approximate surface area is 171 Å². The Morgan fingerprint density at radius 1 is 1.14 bits per heavy atom. The molecule has 0 N–H and O–H groups in total. The number of carbonyl (C=O) groups excluding carboxylic acids is 1. The third kappa shape index (κ3) is 4.52. The molecule has 0 bridgehead atoms. The number of amides is 1. The second-order valence-corrected chi connectivity index (χ2v) is 8.43. The fraction of sp³-hybridized carbons (Fsp3) is 0.571. The normalized spacial score (nSPS) is 21.1. The van der Waals surface area contributed by atoms with Crippen molar-refractivity contribution in [2.24, 2.45) is 5.92 Å². The lowest BCUT2D eigenvalue weighted by molar-refractivity contribution is -0.137. The van der Waals surface area contributed by atoms with Crippen molar-refractivity contribution in [1.29, 1.82) is 0 Å². The Kier molecular flexibility index (Phi) is 6.22. The average Bonchev–Trinajstić information content (AvgIpc) is 3.22. The van der Waals surface area contributed by atoms with Crippen LogP contribution < -0.4 is 4.90 Å². The van der Waals surface area contributed by atoms with Gasteiger partial charge in [-0.05, 0) is 24.9 Å². The lowest BCUT2D eigenvalue weighted by atomic mass is 9.96. The van der Waals surface area contributed by atoms with Crippen LogP contribution in [0.4, 0.5) is 5.13 Å². The maximum Gasteiger partial charge on any atom is 0.227 e. The molecule has 2 fully saturated rings. The predicted octanol–water partition coefficient (Wildman–Crippen LogP) is 2.51. The molecule has 7 heteroatoms. The minimum Gasteiger partial charge on any atom is -0.346 e. The predicted molar refractivity (Wildman–Crippen MR) is 113 cm³/mol. The van der Waals surface area contributed by atoms with E-state index < -0.39 is 0 Å². The maximum atomic E-state index is 13.0. The Bertz CT molecular complexity index is 772. The van der Waals surface area contributed by atoms with Gasteiger partial charge in [-0.1, -0.05) is 37.3 Å². The van der Waals surface area contributed by atoms with Gasteiger partial charge in [-0.15, -0.1) is 0 Å². The number of likely N-dealkylation sites (N-methyl/N-ethyl adjacent to an activating group) is 1. The second-order valence-electron chi connectivity index (χ2n) is 7.70. The Hall–Kier alpha value is -1.99. The molecule has 6 nitrogen and oxygen atoms in total. The number of hydrogen-bond donors (Lipinski definition) is 0. The number of aromatic nitrogens is 2. The summed E-state index contributed by atoms with van der Waals surface area (Å²) < 4.78 is 4.55. The van der Waals surface area contributed by atoms with Gasteiger partial charge in [-0.3, -0.25) is 4.79 Å². The summed E-state index contributed by atoms with van der Waals surface area (Å²) >= 11 is 1.46. The molecule has 2 saturated heterocycles. The highest BCUT2D eigenvalue weighted by molar-refractivity contribution is 7.09. The van der Waals surface area contributed by atoms with Gasteiger partial charge in [0.15, 0.2) is 0 Å². The molecular weight excluding hydrogens is 370 g/mol. The molecule has 0 saturated carbocycles. The van der Waals surface area contributed by atoms with Crippen molar-refractivity contribution in [2.75, 3.05) is 50.7 Å². The van der Waals surface area contributed by atoms with E-state index in [1.54, 1.807) is 0 Å². The summed E-state index contributed by atoms with van der Waals surface area (Å²) in [6.45, 7) is 8.72. The van der Waals surface area contributed by atoms with Crippen LogP contribution in [0.25, 0.3) is 0 Å². The van der Waals surface area contributed by atoms with Crippen LogP contribution in [0, 0.1) is 5.92 Å². The van der Waals surface area contributed by atoms with E-state index in [1.165, 1.54) is 17.1 Å². The first kappa shape index (κ1) is 19.3. The highest BCUT2D eigenvalue weighted by Crippen LogP contribution is 2.26. The largest absolute Gasteiger partial charge is 0.346 e. The summed E-state index contributed by atoms with van der Waals surface area (Å²) in [5.41, 5.74) is 1.23. The molecule has 4 rings (SSSR count). The van der Waals surface area contributed by atoms with E-state index in [2.05, 4.69) is 38.1 Å². The number of benzene rings is 1. The van der Waals surface area contributed by atoms with Crippen molar-refractivity contribution in [3.63, 3.8) is 0 Å². The minimum atomic E-state index is 0.0865. The van der Waals surface area contributed by atoms with E-state index in [1.807, 2.05) is 18.2 Å². The van der Waals surface area contributed by atoms with Crippen LogP contribution in [0.1, 0.15) is 31.2 Å². The number of nitrogens with zero attached hydrogens (tertiary/aromatic N) is 5. The van der Waals surface area contributed by atoms with Gasteiger partial charge in [-0.25, -0.2) is 4.98 Å². The van der Waals surface area contributed by atoms with E-state index in [0.717, 1.165) is 76.0 Å². The highest BCUT2D eigenvalue weighted by atomic mass is 32.1. The van der Waals surface area contributed by atoms with Crippen LogP contribution >= 0.6 is 11.5 Å². The van der Waals surface area contributed by atoms with E-state index >= 15 is 0 Å². The second kappa shape index (κ2) is 9.01. The van der Waals surface area contributed by atoms with Gasteiger partial charge in [0, 0.05) is 57.2 Å². The molecule has 1 amide bonds. The number of piperidine rings is 1. The molecule has 0 aliphatic carbocycles. The van der Waals surface area contributed by atoms with Gasteiger partial charge < -0.3 is 14.7 Å². The Balaban J connectivity index is 1.35. The van der Waals surface area contributed by atoms with Crippen LogP contribution in [-0.4, -0.2) is 70.9 Å². The number of anilines is 1. The fourth-order valence-corrected chi connectivity index (χ4v) is 4.84. The van der Waals surface area contributed by atoms with Crippen molar-refractivity contribution in [1.82, 2.24) is 19.2 Å². The van der Waals surface area contributed by atoms with Crippen LogP contribution in [-0.2, 0) is 11.2 Å². The van der Waals surface area contributed by atoms with Gasteiger partial charge in [0.25, 0.3) is 0 Å². The number of piperazine rings is 1. The van der Waals surface area contributed by atoms with Gasteiger partial charge in [0.05, 0.1) is 5.92 Å². The SMILES string of the molecule is CCN1CCN(C(=O)[C@H]2CCCN(c3nc(Cc4ccccc4)ns3)C2)CC1. The van der Waals surface area contributed by atoms with Crippen LogP contribution in [0.3, 0.4) is 0 Å². The van der Waals surface area contributed by atoms with Crippen LogP contribution in [0.15, 0.2) is 30.3 Å². The molecule has 28 heavy (non-hydrogen) atoms. The summed E-state index contributed by atoms with van der Waals surface area (Å²) in [5, 5.41) is 0.958. The van der Waals surface area contributed by atoms with Crippen molar-refractivity contribution < 1.29 is 4.79 Å². The molecular formula is C21H29N5OS. The van der Waals surface area contributed by atoms with Crippen LogP contribution in [0.2, 0.25) is 0 Å². The number of rotatable bonds is 5. The summed E-state index contributed by atoms with van der Waals surface area (Å²) in [5.74, 6) is 1.29. The lowest BCUT2D eigenvalue weighted by Crippen LogP contribution is -2.52. The van der Waals surface area contributed by atoms with Gasteiger partial charge >= 0.3 is 0 Å². The molecule has 0 spiro atoms. The summed E-state index contributed by atoms with van der Waals surface area (Å²) in [7, 11) is 0. The van der Waals surface area contributed by atoms with Crippen molar-refractivity contribution >= 4 is 22.6 Å². The fourth-order valence-electron chi connectivity index (χ4n) is 4.12. The monoisotopic (exact) mass is 399 g/mol. The molecule has 0 radical (unpaired) electrons. The lowest BCUT2D eigenvalue weighted by Gasteiger charge is -2.38. The zero-order valence-corrected chi connectivity index (χ0v) is 17.4. The summed E-state index contributed by atoms with van der Waals surface area (Å²) in [6, 6.07) is 10.3. The number of hydrogen-bond acceptors (Lipinski definition) is 6. The third-order valence-corrected chi connectivity index (χ3v) is 6.65. The maximum absolute atomic E-state index is 13.0. The first-order valence-electron chi connectivity index (χ1n) is 10.4. The quantitative estimate of drug-likeness (QED) is 0.773. The topological polar surface area (TPSA) is 52.6 Å². The minimum absolute atomic E-state index is 0.0865. The first-order valence-corrected chi connectivity index (χ1v) is 11.1. The first-order chi connectivity index (χ1) is 13.7. The van der Waals surface area contributed by atoms with Crippen LogP contribution in [0.5, 0.6) is 0 Å². The van der Waals surface area contributed by atoms with Gasteiger partial charge in [-0.2, -0.15) is 4.37 Å². The van der Waals surface area contributed by atoms with E-state index in [-0.39, 0.29) is 5.92 Å². The smallest absolute Gasteiger partial charge is 0.227 e. The highest BCUT2D eigenvalue weighted by Gasteiger charge is 2.31. The van der Waals surface area contributed by atoms with Crippen molar-refractivity contribution in [3.05, 3.63) is 41.7 Å². The molecule has 3 heterocycles. The van der Waals surface area contributed by atoms with E-state index in [9.17, 15) is 4.79 Å². The molecule has 1 aromatic heterocycles. The zero-order chi connectivity index (χ0) is 19.3. The zero-order valence-electron chi connectivity index (χ0n) is 16.6. The molecule has 2 aliphatic rings. The summed E-state index contributed by atoms with van der Waals surface area (Å²) in [6.07, 6.45) is 2.78. The molecule has 0 unspecified atom stereocenters. The van der Waals surface area contributed by atoms with E-state index in [4.69, 9.17) is 4.98 Å². The molecule has 2 aromatic rings. The van der Waals surface area contributed by atoms with Crippen molar-refractivity contribution in [3.8, 4) is 0 Å². The molecule has 1 aromatic carbocycles. The third-order valence-electron chi connectivity index (χ3n) is 5.83.